The molecule has 2 aromatic carbocycles. The first-order valence-corrected chi connectivity index (χ1v) is 10.8. The van der Waals surface area contributed by atoms with Gasteiger partial charge >= 0.3 is 0 Å². The van der Waals surface area contributed by atoms with Gasteiger partial charge in [-0.2, -0.15) is 0 Å². The van der Waals surface area contributed by atoms with Gasteiger partial charge in [-0.05, 0) is 49.2 Å². The van der Waals surface area contributed by atoms with Gasteiger partial charge in [0, 0.05) is 0 Å². The average Bonchev–Trinajstić information content (AvgIpc) is 3.27. The van der Waals surface area contributed by atoms with E-state index in [1.807, 2.05) is 37.3 Å². The molecule has 0 spiro atoms. The summed E-state index contributed by atoms with van der Waals surface area (Å²) < 4.78 is 5.61. The zero-order valence-electron chi connectivity index (χ0n) is 17.5. The minimum atomic E-state index is -0.782. The summed E-state index contributed by atoms with van der Waals surface area (Å²) in [6, 6.07) is 16.7. The molecule has 0 aliphatic carbocycles. The van der Waals surface area contributed by atoms with E-state index in [0.29, 0.717) is 12.3 Å². The Morgan fingerprint density at radius 1 is 0.900 bits per heavy atom. The van der Waals surface area contributed by atoms with Crippen molar-refractivity contribution < 1.29 is 19.2 Å². The molecule has 0 bridgehead atoms. The van der Waals surface area contributed by atoms with Crippen molar-refractivity contribution in [1.29, 1.82) is 0 Å². The Morgan fingerprint density at radius 2 is 1.63 bits per heavy atom. The number of rotatable bonds is 8. The van der Waals surface area contributed by atoms with Crippen LogP contribution in [0.5, 0.6) is 5.75 Å². The van der Waals surface area contributed by atoms with E-state index in [2.05, 4.69) is 6.92 Å². The van der Waals surface area contributed by atoms with E-state index in [4.69, 9.17) is 9.57 Å². The normalized spacial score (nSPS) is 23.2. The van der Waals surface area contributed by atoms with Crippen molar-refractivity contribution in [3.8, 4) is 5.75 Å². The van der Waals surface area contributed by atoms with E-state index in [9.17, 15) is 9.59 Å². The van der Waals surface area contributed by atoms with Gasteiger partial charge in [0.05, 0.1) is 29.9 Å². The molecule has 0 radical (unpaired) electrons. The molecule has 0 unspecified atom stereocenters. The van der Waals surface area contributed by atoms with E-state index in [1.54, 1.807) is 29.3 Å². The van der Waals surface area contributed by atoms with Crippen molar-refractivity contribution in [3.05, 3.63) is 54.6 Å². The molecule has 6 nitrogen and oxygen atoms in total. The van der Waals surface area contributed by atoms with Crippen LogP contribution < -0.4 is 14.7 Å². The molecule has 2 aliphatic rings. The van der Waals surface area contributed by atoms with Crippen LogP contribution >= 0.6 is 0 Å². The second kappa shape index (κ2) is 8.88. The highest BCUT2D eigenvalue weighted by Gasteiger charge is 2.59. The number of anilines is 2. The standard InChI is InChI=1S/C24H28N2O4/c1-3-5-11-20-21-22(30-26(20)18-9-7-6-8-10-18)24(28)25(23(21)27)17-12-14-19(15-13-17)29-16-4-2/h6-10,12-15,20-22H,3-5,11,16H2,1-2H3/t20-,21+,22+/m0/s1. The predicted molar refractivity (Wildman–Crippen MR) is 115 cm³/mol. The van der Waals surface area contributed by atoms with Gasteiger partial charge in [-0.3, -0.25) is 14.4 Å². The monoisotopic (exact) mass is 408 g/mol. The number of unbranched alkanes of at least 4 members (excludes halogenated alkanes) is 1. The fourth-order valence-corrected chi connectivity index (χ4v) is 4.19. The largest absolute Gasteiger partial charge is 0.494 e. The molecular weight excluding hydrogens is 380 g/mol. The smallest absolute Gasteiger partial charge is 0.266 e. The number of carbonyl (C=O) groups excluding carboxylic acids is 2. The molecule has 0 aromatic heterocycles. The van der Waals surface area contributed by atoms with Crippen molar-refractivity contribution >= 4 is 23.2 Å². The van der Waals surface area contributed by atoms with Crippen molar-refractivity contribution in [2.45, 2.75) is 51.7 Å². The summed E-state index contributed by atoms with van der Waals surface area (Å²) in [5.74, 6) is -0.258. The third kappa shape index (κ3) is 3.67. The highest BCUT2D eigenvalue weighted by molar-refractivity contribution is 6.23. The topological polar surface area (TPSA) is 59.1 Å². The number of benzene rings is 2. The van der Waals surface area contributed by atoms with Gasteiger partial charge in [0.15, 0.2) is 6.10 Å². The number of ether oxygens (including phenoxy) is 1. The summed E-state index contributed by atoms with van der Waals surface area (Å²) in [5, 5.41) is 1.78. The molecule has 158 valence electrons. The molecule has 2 saturated heterocycles. The van der Waals surface area contributed by atoms with E-state index < -0.39 is 12.0 Å². The number of hydrogen-bond acceptors (Lipinski definition) is 5. The number of amides is 2. The van der Waals surface area contributed by atoms with Gasteiger partial charge in [-0.25, -0.2) is 9.96 Å². The molecule has 6 heteroatoms. The second-order valence-electron chi connectivity index (χ2n) is 7.78. The Labute approximate surface area is 177 Å². The first-order valence-electron chi connectivity index (χ1n) is 10.8. The minimum Gasteiger partial charge on any atom is -0.494 e. The molecular formula is C24H28N2O4. The van der Waals surface area contributed by atoms with Crippen molar-refractivity contribution in [2.75, 3.05) is 16.6 Å². The molecule has 2 heterocycles. The lowest BCUT2D eigenvalue weighted by molar-refractivity contribution is -0.126. The molecule has 0 saturated carbocycles. The summed E-state index contributed by atoms with van der Waals surface area (Å²) in [6.07, 6.45) is 2.91. The molecule has 2 aromatic rings. The number of nitrogens with zero attached hydrogens (tertiary/aromatic N) is 2. The van der Waals surface area contributed by atoms with Crippen LogP contribution in [0.3, 0.4) is 0 Å². The van der Waals surface area contributed by atoms with Crippen molar-refractivity contribution in [1.82, 2.24) is 0 Å². The summed E-state index contributed by atoms with van der Waals surface area (Å²) in [7, 11) is 0. The summed E-state index contributed by atoms with van der Waals surface area (Å²) in [4.78, 5) is 33.9. The number of hydroxylamine groups is 1. The van der Waals surface area contributed by atoms with Crippen LogP contribution in [-0.2, 0) is 14.4 Å². The molecule has 0 N–H and O–H groups in total. The Balaban J connectivity index is 1.58. The van der Waals surface area contributed by atoms with E-state index in [0.717, 1.165) is 37.1 Å². The third-order valence-electron chi connectivity index (χ3n) is 5.67. The van der Waals surface area contributed by atoms with Gasteiger partial charge in [-0.15, -0.1) is 0 Å². The van der Waals surface area contributed by atoms with Crippen molar-refractivity contribution in [2.24, 2.45) is 5.92 Å². The van der Waals surface area contributed by atoms with Crippen LogP contribution in [0.1, 0.15) is 39.5 Å². The molecule has 30 heavy (non-hydrogen) atoms. The number of fused-ring (bicyclic) bond motifs is 1. The highest BCUT2D eigenvalue weighted by atomic mass is 16.7. The molecule has 2 fully saturated rings. The van der Waals surface area contributed by atoms with E-state index in [-0.39, 0.29) is 17.9 Å². The van der Waals surface area contributed by atoms with Crippen LogP contribution in [0.4, 0.5) is 11.4 Å². The molecule has 2 amide bonds. The van der Waals surface area contributed by atoms with Crippen LogP contribution in [0.15, 0.2) is 54.6 Å². The van der Waals surface area contributed by atoms with Crippen molar-refractivity contribution in [3.63, 3.8) is 0 Å². The maximum Gasteiger partial charge on any atom is 0.266 e. The molecule has 3 atom stereocenters. The van der Waals surface area contributed by atoms with Gasteiger partial charge < -0.3 is 4.74 Å². The Kier molecular flexibility index (Phi) is 6.04. The zero-order chi connectivity index (χ0) is 21.1. The molecule has 4 rings (SSSR count). The predicted octanol–water partition coefficient (Wildman–Crippen LogP) is 4.34. The average molecular weight is 408 g/mol. The van der Waals surface area contributed by atoms with Gasteiger partial charge in [0.1, 0.15) is 5.75 Å². The third-order valence-corrected chi connectivity index (χ3v) is 5.67. The van der Waals surface area contributed by atoms with Crippen LogP contribution in [0, 0.1) is 5.92 Å². The lowest BCUT2D eigenvalue weighted by Gasteiger charge is -2.28. The van der Waals surface area contributed by atoms with Gasteiger partial charge in [-0.1, -0.05) is 44.9 Å². The van der Waals surface area contributed by atoms with Crippen LogP contribution in [0.25, 0.3) is 0 Å². The highest BCUT2D eigenvalue weighted by Crippen LogP contribution is 2.42. The Morgan fingerprint density at radius 3 is 2.30 bits per heavy atom. The zero-order valence-corrected chi connectivity index (χ0v) is 17.5. The molecule has 2 aliphatic heterocycles. The lowest BCUT2D eigenvalue weighted by atomic mass is 9.92. The minimum absolute atomic E-state index is 0.161. The van der Waals surface area contributed by atoms with E-state index >= 15 is 0 Å². The Bertz CT molecular complexity index is 884. The summed E-state index contributed by atoms with van der Waals surface area (Å²) in [5.41, 5.74) is 1.44. The van der Waals surface area contributed by atoms with Gasteiger partial charge in [0.25, 0.3) is 5.91 Å². The van der Waals surface area contributed by atoms with E-state index in [1.165, 1.54) is 4.90 Å². The Hall–Kier alpha value is -2.86. The first kappa shape index (κ1) is 20.4. The fourth-order valence-electron chi connectivity index (χ4n) is 4.19. The first-order chi connectivity index (χ1) is 14.7. The summed E-state index contributed by atoms with van der Waals surface area (Å²) >= 11 is 0. The number of carbonyl (C=O) groups is 2. The second-order valence-corrected chi connectivity index (χ2v) is 7.78. The lowest BCUT2D eigenvalue weighted by Crippen LogP contribution is -2.40. The maximum absolute atomic E-state index is 13.4. The maximum atomic E-state index is 13.4. The van der Waals surface area contributed by atoms with Gasteiger partial charge in [0.2, 0.25) is 5.91 Å². The quantitative estimate of drug-likeness (QED) is 0.608. The van der Waals surface area contributed by atoms with Crippen LogP contribution in [-0.4, -0.2) is 30.6 Å². The SMILES string of the molecule is CCCC[C@H]1[C@H]2C(=O)N(c3ccc(OCCC)cc3)C(=O)[C@@H]2ON1c1ccccc1. The summed E-state index contributed by atoms with van der Waals surface area (Å²) in [6.45, 7) is 4.80. The fraction of sp³-hybridized carbons (Fsp3) is 0.417. The number of hydrogen-bond donors (Lipinski definition) is 0. The van der Waals surface area contributed by atoms with Crippen LogP contribution in [0.2, 0.25) is 0 Å². The number of para-hydroxylation sites is 1. The number of imide groups is 1.